The highest BCUT2D eigenvalue weighted by molar-refractivity contribution is 4.54. The zero-order valence-corrected chi connectivity index (χ0v) is 11.9. The number of methoxy groups -OCH3 is 1. The van der Waals surface area contributed by atoms with Gasteiger partial charge in [0.25, 0.3) is 0 Å². The summed E-state index contributed by atoms with van der Waals surface area (Å²) in [7, 11) is 1.64. The van der Waals surface area contributed by atoms with Crippen LogP contribution < -0.4 is 0 Å². The highest BCUT2D eigenvalue weighted by atomic mass is 16.5. The molecule has 0 saturated heterocycles. The van der Waals surface area contributed by atoms with Crippen molar-refractivity contribution < 1.29 is 9.84 Å². The van der Waals surface area contributed by atoms with E-state index in [-0.39, 0.29) is 6.10 Å². The van der Waals surface area contributed by atoms with Crippen LogP contribution in [0.5, 0.6) is 0 Å². The molecule has 0 spiro atoms. The predicted molar refractivity (Wildman–Crippen MR) is 74.3 cm³/mol. The fraction of sp³-hybridized carbons (Fsp3) is 1.00. The zero-order chi connectivity index (χ0) is 12.8. The lowest BCUT2D eigenvalue weighted by molar-refractivity contribution is 0.0576. The molecular weight excluding hydrogens is 212 g/mol. The van der Waals surface area contributed by atoms with Crippen LogP contribution in [-0.2, 0) is 4.74 Å². The van der Waals surface area contributed by atoms with Gasteiger partial charge >= 0.3 is 0 Å². The second kappa shape index (κ2) is 14.0. The number of aliphatic hydroxyl groups excluding tert-OH is 1. The van der Waals surface area contributed by atoms with Crippen molar-refractivity contribution in [2.45, 2.75) is 83.7 Å². The summed E-state index contributed by atoms with van der Waals surface area (Å²) in [5.41, 5.74) is 0. The monoisotopic (exact) mass is 244 g/mol. The summed E-state index contributed by atoms with van der Waals surface area (Å²) >= 11 is 0. The molecule has 0 aliphatic carbocycles. The Hall–Kier alpha value is -0.0800. The molecule has 0 aliphatic rings. The van der Waals surface area contributed by atoms with E-state index in [1.807, 2.05) is 0 Å². The van der Waals surface area contributed by atoms with Gasteiger partial charge in [-0.3, -0.25) is 0 Å². The van der Waals surface area contributed by atoms with Crippen molar-refractivity contribution in [2.24, 2.45) is 0 Å². The molecular formula is C15H32O2. The van der Waals surface area contributed by atoms with Crippen molar-refractivity contribution in [1.82, 2.24) is 0 Å². The topological polar surface area (TPSA) is 29.5 Å². The summed E-state index contributed by atoms with van der Waals surface area (Å²) in [4.78, 5) is 0. The Balaban J connectivity index is 2.98. The number of hydrogen-bond donors (Lipinski definition) is 1. The van der Waals surface area contributed by atoms with Crippen LogP contribution in [0.2, 0.25) is 0 Å². The van der Waals surface area contributed by atoms with Gasteiger partial charge in [0.05, 0.1) is 12.7 Å². The highest BCUT2D eigenvalue weighted by Crippen LogP contribution is 2.11. The van der Waals surface area contributed by atoms with Gasteiger partial charge in [0, 0.05) is 7.11 Å². The van der Waals surface area contributed by atoms with Gasteiger partial charge in [-0.05, 0) is 6.42 Å². The Morgan fingerprint density at radius 1 is 0.824 bits per heavy atom. The lowest BCUT2D eigenvalue weighted by Crippen LogP contribution is -2.13. The van der Waals surface area contributed by atoms with E-state index in [2.05, 4.69) is 6.92 Å². The second-order valence-corrected chi connectivity index (χ2v) is 5.08. The first-order valence-electron chi connectivity index (χ1n) is 7.48. The van der Waals surface area contributed by atoms with Gasteiger partial charge in [0.2, 0.25) is 0 Å². The van der Waals surface area contributed by atoms with Crippen molar-refractivity contribution in [1.29, 1.82) is 0 Å². The lowest BCUT2D eigenvalue weighted by Gasteiger charge is -2.08. The lowest BCUT2D eigenvalue weighted by atomic mass is 10.0. The third-order valence-electron chi connectivity index (χ3n) is 3.25. The van der Waals surface area contributed by atoms with Gasteiger partial charge in [-0.1, -0.05) is 71.1 Å². The molecule has 0 saturated carbocycles. The minimum absolute atomic E-state index is 0.256. The fourth-order valence-electron chi connectivity index (χ4n) is 2.14. The molecule has 1 atom stereocenters. The van der Waals surface area contributed by atoms with Gasteiger partial charge in [0.1, 0.15) is 0 Å². The van der Waals surface area contributed by atoms with Crippen molar-refractivity contribution in [2.75, 3.05) is 13.7 Å². The normalized spacial score (nSPS) is 12.9. The van der Waals surface area contributed by atoms with E-state index in [0.717, 1.165) is 12.8 Å². The van der Waals surface area contributed by atoms with Crippen LogP contribution in [0.15, 0.2) is 0 Å². The molecule has 0 aromatic carbocycles. The quantitative estimate of drug-likeness (QED) is 0.489. The molecule has 0 aromatic heterocycles. The summed E-state index contributed by atoms with van der Waals surface area (Å²) in [6.07, 6.45) is 14.1. The van der Waals surface area contributed by atoms with E-state index >= 15 is 0 Å². The molecule has 104 valence electrons. The third kappa shape index (κ3) is 13.9. The average Bonchev–Trinajstić information content (AvgIpc) is 2.32. The smallest absolute Gasteiger partial charge is 0.0773 e. The van der Waals surface area contributed by atoms with Gasteiger partial charge in [0.15, 0.2) is 0 Å². The Bertz CT molecular complexity index is 137. The summed E-state index contributed by atoms with van der Waals surface area (Å²) < 4.78 is 4.90. The number of hydrogen-bond acceptors (Lipinski definition) is 2. The molecule has 0 heterocycles. The third-order valence-corrected chi connectivity index (χ3v) is 3.25. The molecule has 1 N–H and O–H groups in total. The first-order chi connectivity index (χ1) is 8.31. The Morgan fingerprint density at radius 2 is 1.29 bits per heavy atom. The molecule has 1 unspecified atom stereocenters. The number of rotatable bonds is 13. The van der Waals surface area contributed by atoms with Crippen LogP contribution in [0.4, 0.5) is 0 Å². The highest BCUT2D eigenvalue weighted by Gasteiger charge is 2.02. The SMILES string of the molecule is CCCCCCCCCCCCC(O)COC. The molecule has 2 nitrogen and oxygen atoms in total. The van der Waals surface area contributed by atoms with E-state index in [1.165, 1.54) is 57.8 Å². The Morgan fingerprint density at radius 3 is 1.76 bits per heavy atom. The molecule has 0 amide bonds. The summed E-state index contributed by atoms with van der Waals surface area (Å²) in [6.45, 7) is 2.75. The fourth-order valence-corrected chi connectivity index (χ4v) is 2.14. The molecule has 0 aromatic rings. The largest absolute Gasteiger partial charge is 0.391 e. The molecule has 17 heavy (non-hydrogen) atoms. The van der Waals surface area contributed by atoms with Crippen molar-refractivity contribution >= 4 is 0 Å². The Kier molecular flexibility index (Phi) is 13.9. The first kappa shape index (κ1) is 16.9. The maximum atomic E-state index is 9.45. The van der Waals surface area contributed by atoms with Gasteiger partial charge in [-0.15, -0.1) is 0 Å². The minimum atomic E-state index is -0.256. The molecule has 0 bridgehead atoms. The number of ether oxygens (including phenoxy) is 1. The summed E-state index contributed by atoms with van der Waals surface area (Å²) in [6, 6.07) is 0. The molecule has 0 fully saturated rings. The van der Waals surface area contributed by atoms with Crippen LogP contribution >= 0.6 is 0 Å². The van der Waals surface area contributed by atoms with Crippen LogP contribution in [0.3, 0.4) is 0 Å². The van der Waals surface area contributed by atoms with E-state index < -0.39 is 0 Å². The van der Waals surface area contributed by atoms with E-state index in [1.54, 1.807) is 7.11 Å². The molecule has 0 radical (unpaired) electrons. The van der Waals surface area contributed by atoms with Gasteiger partial charge < -0.3 is 9.84 Å². The van der Waals surface area contributed by atoms with Crippen molar-refractivity contribution in [3.05, 3.63) is 0 Å². The number of aliphatic hydroxyl groups is 1. The molecule has 0 aliphatic heterocycles. The second-order valence-electron chi connectivity index (χ2n) is 5.08. The first-order valence-corrected chi connectivity index (χ1v) is 7.48. The maximum absolute atomic E-state index is 9.45. The van der Waals surface area contributed by atoms with Gasteiger partial charge in [-0.2, -0.15) is 0 Å². The molecule has 2 heteroatoms. The number of unbranched alkanes of at least 4 members (excludes halogenated alkanes) is 9. The average molecular weight is 244 g/mol. The summed E-state index contributed by atoms with van der Waals surface area (Å²) in [5, 5.41) is 9.45. The standard InChI is InChI=1S/C15H32O2/c1-3-4-5-6-7-8-9-10-11-12-13-15(16)14-17-2/h15-16H,3-14H2,1-2H3. The van der Waals surface area contributed by atoms with E-state index in [0.29, 0.717) is 6.61 Å². The van der Waals surface area contributed by atoms with Crippen LogP contribution in [0.1, 0.15) is 77.6 Å². The van der Waals surface area contributed by atoms with Crippen molar-refractivity contribution in [3.63, 3.8) is 0 Å². The van der Waals surface area contributed by atoms with E-state index in [9.17, 15) is 5.11 Å². The van der Waals surface area contributed by atoms with Crippen molar-refractivity contribution in [3.8, 4) is 0 Å². The van der Waals surface area contributed by atoms with Gasteiger partial charge in [-0.25, -0.2) is 0 Å². The predicted octanol–water partition coefficient (Wildman–Crippen LogP) is 4.30. The van der Waals surface area contributed by atoms with Crippen LogP contribution in [0.25, 0.3) is 0 Å². The minimum Gasteiger partial charge on any atom is -0.391 e. The van der Waals surface area contributed by atoms with E-state index in [4.69, 9.17) is 4.74 Å². The zero-order valence-electron chi connectivity index (χ0n) is 11.9. The van der Waals surface area contributed by atoms with Crippen LogP contribution in [-0.4, -0.2) is 24.9 Å². The Labute approximate surface area is 108 Å². The summed E-state index contributed by atoms with van der Waals surface area (Å²) in [5.74, 6) is 0. The molecule has 0 rings (SSSR count). The maximum Gasteiger partial charge on any atom is 0.0773 e. The van der Waals surface area contributed by atoms with Crippen LogP contribution in [0, 0.1) is 0 Å².